The zero-order valence-electron chi connectivity index (χ0n) is 7.61. The molecule has 1 heterocycles. The van der Waals surface area contributed by atoms with Gasteiger partial charge in [-0.15, -0.1) is 11.6 Å². The maximum Gasteiger partial charge on any atom is 0.323 e. The first-order valence-corrected chi connectivity index (χ1v) is 4.48. The summed E-state index contributed by atoms with van der Waals surface area (Å²) in [6, 6.07) is 1.39. The number of nitrogens with zero attached hydrogens (tertiary/aromatic N) is 1. The van der Waals surface area contributed by atoms with Gasteiger partial charge < -0.3 is 9.67 Å². The Balaban J connectivity index is 2.83. The maximum atomic E-state index is 11.0. The van der Waals surface area contributed by atoms with Gasteiger partial charge in [0.15, 0.2) is 5.43 Å². The number of halogens is 1. The normalized spacial score (nSPS) is 12.4. The largest absolute Gasteiger partial charge is 0.480 e. The number of rotatable bonds is 3. The van der Waals surface area contributed by atoms with E-state index in [9.17, 15) is 9.59 Å². The monoisotopic (exact) mass is 215 g/mol. The third-order valence-corrected chi connectivity index (χ3v) is 2.13. The van der Waals surface area contributed by atoms with Crippen LogP contribution in [0.5, 0.6) is 0 Å². The zero-order valence-corrected chi connectivity index (χ0v) is 8.36. The Morgan fingerprint density at radius 1 is 1.71 bits per heavy atom. The third-order valence-electron chi connectivity index (χ3n) is 1.80. The highest BCUT2D eigenvalue weighted by Gasteiger charge is 2.13. The van der Waals surface area contributed by atoms with E-state index in [0.29, 0.717) is 5.56 Å². The number of hydrogen-bond donors (Lipinski definition) is 1. The van der Waals surface area contributed by atoms with Crippen LogP contribution in [0.2, 0.25) is 0 Å². The van der Waals surface area contributed by atoms with E-state index >= 15 is 0 Å². The molecule has 1 aromatic heterocycles. The molecule has 4 nitrogen and oxygen atoms in total. The molecule has 76 valence electrons. The quantitative estimate of drug-likeness (QED) is 0.761. The molecule has 0 saturated heterocycles. The summed E-state index contributed by atoms with van der Waals surface area (Å²) in [6.45, 7) is 1.82. The second-order valence-electron chi connectivity index (χ2n) is 2.99. The molecule has 0 aliphatic carbocycles. The van der Waals surface area contributed by atoms with Crippen LogP contribution in [-0.2, 0) is 11.3 Å². The molecule has 0 aliphatic rings. The lowest BCUT2D eigenvalue weighted by atomic mass is 10.3. The summed E-state index contributed by atoms with van der Waals surface area (Å²) in [5, 5.41) is 7.59. The van der Waals surface area contributed by atoms with E-state index in [1.54, 1.807) is 17.7 Å². The molecule has 1 aromatic rings. The van der Waals surface area contributed by atoms with Crippen molar-refractivity contribution in [2.24, 2.45) is 0 Å². The number of carbonyl (C=O) groups is 1. The van der Waals surface area contributed by atoms with Crippen LogP contribution in [0.15, 0.2) is 23.3 Å². The van der Waals surface area contributed by atoms with Crippen LogP contribution in [0, 0.1) is 6.92 Å². The molecule has 0 saturated carbocycles. The number of aromatic nitrogens is 1. The molecular weight excluding hydrogens is 206 g/mol. The number of carboxylic acids is 1. The summed E-state index contributed by atoms with van der Waals surface area (Å²) in [5.74, 6) is -1.07. The zero-order chi connectivity index (χ0) is 10.7. The van der Waals surface area contributed by atoms with E-state index in [4.69, 9.17) is 16.7 Å². The summed E-state index contributed by atoms with van der Waals surface area (Å²) >= 11 is 5.54. The van der Waals surface area contributed by atoms with Crippen molar-refractivity contribution in [3.8, 4) is 0 Å². The Labute approximate surface area is 85.7 Å². The lowest BCUT2D eigenvalue weighted by Gasteiger charge is -2.08. The molecule has 0 aromatic carbocycles. The van der Waals surface area contributed by atoms with E-state index in [1.807, 2.05) is 0 Å². The van der Waals surface area contributed by atoms with Gasteiger partial charge in [0.25, 0.3) is 0 Å². The minimum atomic E-state index is -1.07. The standard InChI is InChI=1S/C9H10ClNO3/c1-6-4-11(3-2-8(6)12)5-7(10)9(13)14/h2-4,7H,5H2,1H3,(H,13,14). The maximum absolute atomic E-state index is 11.0. The van der Waals surface area contributed by atoms with Gasteiger partial charge in [-0.1, -0.05) is 0 Å². The van der Waals surface area contributed by atoms with Crippen LogP contribution in [-0.4, -0.2) is 21.0 Å². The molecule has 0 amide bonds. The molecule has 0 fully saturated rings. The Kier molecular flexibility index (Phi) is 3.30. The van der Waals surface area contributed by atoms with Crippen LogP contribution in [0.3, 0.4) is 0 Å². The van der Waals surface area contributed by atoms with Crippen molar-refractivity contribution in [2.75, 3.05) is 0 Å². The van der Waals surface area contributed by atoms with Gasteiger partial charge in [-0.3, -0.25) is 9.59 Å². The van der Waals surface area contributed by atoms with Crippen molar-refractivity contribution in [3.05, 3.63) is 34.2 Å². The van der Waals surface area contributed by atoms with E-state index in [-0.39, 0.29) is 12.0 Å². The number of alkyl halides is 1. The second-order valence-corrected chi connectivity index (χ2v) is 3.52. The molecule has 5 heteroatoms. The Hall–Kier alpha value is -1.29. The molecule has 0 bridgehead atoms. The molecule has 1 N–H and O–H groups in total. The average Bonchev–Trinajstić information content (AvgIpc) is 2.11. The number of carboxylic acid groups (broad SMARTS) is 1. The highest BCUT2D eigenvalue weighted by molar-refractivity contribution is 6.29. The molecule has 14 heavy (non-hydrogen) atoms. The summed E-state index contributed by atoms with van der Waals surface area (Å²) in [6.07, 6.45) is 3.11. The smallest absolute Gasteiger partial charge is 0.323 e. The predicted molar refractivity (Wildman–Crippen MR) is 52.7 cm³/mol. The van der Waals surface area contributed by atoms with Crippen molar-refractivity contribution in [3.63, 3.8) is 0 Å². The fourth-order valence-corrected chi connectivity index (χ4v) is 1.19. The topological polar surface area (TPSA) is 59.3 Å². The summed E-state index contributed by atoms with van der Waals surface area (Å²) < 4.78 is 1.59. The summed E-state index contributed by atoms with van der Waals surface area (Å²) in [5.41, 5.74) is 0.504. The van der Waals surface area contributed by atoms with Gasteiger partial charge in [-0.2, -0.15) is 0 Å². The van der Waals surface area contributed by atoms with Gasteiger partial charge in [-0.25, -0.2) is 0 Å². The predicted octanol–water partition coefficient (Wildman–Crippen LogP) is 0.849. The van der Waals surface area contributed by atoms with E-state index in [2.05, 4.69) is 0 Å². The van der Waals surface area contributed by atoms with Crippen LogP contribution >= 0.6 is 11.6 Å². The molecule has 1 unspecified atom stereocenters. The molecule has 0 aliphatic heterocycles. The first-order valence-electron chi connectivity index (χ1n) is 4.04. The van der Waals surface area contributed by atoms with E-state index in [0.717, 1.165) is 0 Å². The van der Waals surface area contributed by atoms with Crippen LogP contribution in [0.25, 0.3) is 0 Å². The number of aryl methyl sites for hydroxylation is 1. The highest BCUT2D eigenvalue weighted by Crippen LogP contribution is 2.01. The van der Waals surface area contributed by atoms with Gasteiger partial charge in [-0.05, 0) is 6.92 Å². The summed E-state index contributed by atoms with van der Waals surface area (Å²) in [4.78, 5) is 21.5. The fourth-order valence-electron chi connectivity index (χ4n) is 1.03. The van der Waals surface area contributed by atoms with Crippen LogP contribution < -0.4 is 5.43 Å². The second kappa shape index (κ2) is 4.28. The first kappa shape index (κ1) is 10.8. The minimum absolute atomic E-state index is 0.0669. The van der Waals surface area contributed by atoms with E-state index < -0.39 is 11.3 Å². The lowest BCUT2D eigenvalue weighted by Crippen LogP contribution is -2.21. The Morgan fingerprint density at radius 3 is 2.86 bits per heavy atom. The highest BCUT2D eigenvalue weighted by atomic mass is 35.5. The number of pyridine rings is 1. The van der Waals surface area contributed by atoms with Gasteiger partial charge in [0.1, 0.15) is 5.38 Å². The number of aliphatic carboxylic acids is 1. The Morgan fingerprint density at radius 2 is 2.36 bits per heavy atom. The molecular formula is C9H10ClNO3. The van der Waals surface area contributed by atoms with Crippen molar-refractivity contribution in [2.45, 2.75) is 18.8 Å². The fraction of sp³-hybridized carbons (Fsp3) is 0.333. The molecule has 1 rings (SSSR count). The van der Waals surface area contributed by atoms with Crippen molar-refractivity contribution in [1.82, 2.24) is 4.57 Å². The minimum Gasteiger partial charge on any atom is -0.480 e. The SMILES string of the molecule is Cc1cn(CC(Cl)C(=O)O)ccc1=O. The van der Waals surface area contributed by atoms with Crippen LogP contribution in [0.1, 0.15) is 5.56 Å². The van der Waals surface area contributed by atoms with Crippen molar-refractivity contribution >= 4 is 17.6 Å². The van der Waals surface area contributed by atoms with Crippen molar-refractivity contribution in [1.29, 1.82) is 0 Å². The molecule has 0 spiro atoms. The van der Waals surface area contributed by atoms with Gasteiger partial charge in [0.05, 0.1) is 0 Å². The van der Waals surface area contributed by atoms with E-state index in [1.165, 1.54) is 12.3 Å². The third kappa shape index (κ3) is 2.60. The van der Waals surface area contributed by atoms with Gasteiger partial charge >= 0.3 is 5.97 Å². The lowest BCUT2D eigenvalue weighted by molar-refractivity contribution is -0.136. The molecule has 0 radical (unpaired) electrons. The summed E-state index contributed by atoms with van der Waals surface area (Å²) in [7, 11) is 0. The average molecular weight is 216 g/mol. The molecule has 1 atom stereocenters. The number of hydrogen-bond acceptors (Lipinski definition) is 2. The van der Waals surface area contributed by atoms with Crippen molar-refractivity contribution < 1.29 is 9.90 Å². The van der Waals surface area contributed by atoms with Crippen LogP contribution in [0.4, 0.5) is 0 Å². The van der Waals surface area contributed by atoms with Gasteiger partial charge in [0, 0.05) is 30.6 Å². The first-order chi connectivity index (χ1) is 6.50. The van der Waals surface area contributed by atoms with Gasteiger partial charge in [0.2, 0.25) is 0 Å². The Bertz CT molecular complexity index is 399.